The lowest BCUT2D eigenvalue weighted by Gasteiger charge is -2.32. The van der Waals surface area contributed by atoms with Gasteiger partial charge in [0, 0.05) is 58.7 Å². The number of aromatic nitrogens is 7. The normalized spacial score (nSPS) is 23.4. The third-order valence-electron chi connectivity index (χ3n) is 14.0. The molecule has 7 heterocycles. The van der Waals surface area contributed by atoms with Crippen molar-refractivity contribution in [1.29, 1.82) is 0 Å². The van der Waals surface area contributed by atoms with Gasteiger partial charge in [-0.1, -0.05) is 12.1 Å². The molecule has 21 heteroatoms. The lowest BCUT2D eigenvalue weighted by Crippen LogP contribution is -2.44. The van der Waals surface area contributed by atoms with Crippen molar-refractivity contribution in [1.82, 2.24) is 43.7 Å². The number of nitrogens with one attached hydrogen (secondary N) is 2. The smallest absolute Gasteiger partial charge is 0.329 e. The summed E-state index contributed by atoms with van der Waals surface area (Å²) in [5, 5.41) is 23.5. The number of carbonyl (C=O) groups is 4. The number of ether oxygens (including phenoxy) is 2. The van der Waals surface area contributed by atoms with Crippen LogP contribution in [0.4, 0.5) is 20.3 Å². The maximum absolute atomic E-state index is 14.3. The number of nitrogens with zero attached hydrogens (tertiary/aromatic N) is 9. The van der Waals surface area contributed by atoms with Crippen LogP contribution in [0.3, 0.4) is 0 Å². The highest BCUT2D eigenvalue weighted by Gasteiger charge is 2.53. The number of piperidine rings is 1. The van der Waals surface area contributed by atoms with Crippen molar-refractivity contribution in [2.75, 3.05) is 50.1 Å². The molecule has 4 aromatic heterocycles. The summed E-state index contributed by atoms with van der Waals surface area (Å²) in [7, 11) is 3.60. The van der Waals surface area contributed by atoms with Gasteiger partial charge in [-0.3, -0.25) is 38.3 Å². The van der Waals surface area contributed by atoms with Crippen molar-refractivity contribution in [2.24, 2.45) is 18.9 Å². The second-order valence-electron chi connectivity index (χ2n) is 18.6. The van der Waals surface area contributed by atoms with E-state index in [1.165, 1.54) is 21.5 Å². The van der Waals surface area contributed by atoms with Crippen LogP contribution in [0.5, 0.6) is 0 Å². The van der Waals surface area contributed by atoms with Crippen molar-refractivity contribution in [3.8, 4) is 0 Å². The number of hydrogen-bond acceptors (Lipinski definition) is 12. The first-order valence-electron chi connectivity index (χ1n) is 23.2. The van der Waals surface area contributed by atoms with Crippen LogP contribution < -0.4 is 21.2 Å². The molecule has 9 rings (SSSR count). The minimum atomic E-state index is -2.91. The average molecular weight is 930 g/mol. The Labute approximate surface area is 384 Å². The topological polar surface area (TPSA) is 216 Å². The Morgan fingerprint density at radius 3 is 2.61 bits per heavy atom. The van der Waals surface area contributed by atoms with Crippen LogP contribution in [-0.4, -0.2) is 125 Å². The number of aliphatic carboxylic acids is 1. The Balaban J connectivity index is 0.713. The molecule has 3 N–H and O–H groups in total. The van der Waals surface area contributed by atoms with Crippen LogP contribution in [-0.2, 0) is 37.3 Å². The zero-order valence-electron chi connectivity index (χ0n) is 37.9. The van der Waals surface area contributed by atoms with Crippen molar-refractivity contribution in [3.05, 3.63) is 70.2 Å². The van der Waals surface area contributed by atoms with E-state index >= 15 is 0 Å². The summed E-state index contributed by atoms with van der Waals surface area (Å²) < 4.78 is 46.2. The lowest BCUT2D eigenvalue weighted by molar-refractivity contribution is -0.143. The third kappa shape index (κ3) is 9.58. The summed E-state index contributed by atoms with van der Waals surface area (Å²) in [5.41, 5.74) is 1.92. The minimum Gasteiger partial charge on any atom is -0.481 e. The molecule has 3 amide bonds. The number of halogens is 2. The van der Waals surface area contributed by atoms with E-state index in [-0.39, 0.29) is 60.0 Å². The summed E-state index contributed by atoms with van der Waals surface area (Å²) in [4.78, 5) is 72.2. The Morgan fingerprint density at radius 1 is 1.09 bits per heavy atom. The predicted octanol–water partition coefficient (Wildman–Crippen LogP) is 4.52. The number of benzene rings is 1. The number of carboxylic acid groups (broad SMARTS) is 1. The van der Waals surface area contributed by atoms with E-state index in [1.54, 1.807) is 22.5 Å². The zero-order valence-corrected chi connectivity index (χ0v) is 37.9. The number of alkyl halides is 2. The molecular weight excluding hydrogens is 873 g/mol. The first-order valence-corrected chi connectivity index (χ1v) is 23.2. The molecule has 3 unspecified atom stereocenters. The number of hydrogen-bond donors (Lipinski definition) is 3. The van der Waals surface area contributed by atoms with Crippen molar-refractivity contribution in [3.63, 3.8) is 0 Å². The number of epoxide rings is 1. The second-order valence-corrected chi connectivity index (χ2v) is 18.6. The van der Waals surface area contributed by atoms with Gasteiger partial charge >= 0.3 is 11.7 Å². The number of imidazole rings is 1. The van der Waals surface area contributed by atoms with Crippen molar-refractivity contribution < 1.29 is 42.5 Å². The van der Waals surface area contributed by atoms with Gasteiger partial charge in [0.1, 0.15) is 29.6 Å². The molecule has 3 aliphatic heterocycles. The highest BCUT2D eigenvalue weighted by molar-refractivity contribution is 6.08. The van der Waals surface area contributed by atoms with Gasteiger partial charge in [-0.25, -0.2) is 23.1 Å². The quantitative estimate of drug-likeness (QED) is 0.0591. The number of rotatable bonds is 19. The Morgan fingerprint density at radius 2 is 1.88 bits per heavy atom. The number of imide groups is 1. The van der Waals surface area contributed by atoms with E-state index in [0.717, 1.165) is 23.9 Å². The molecule has 4 fully saturated rings. The summed E-state index contributed by atoms with van der Waals surface area (Å²) in [6.07, 6.45) is 7.81. The predicted molar refractivity (Wildman–Crippen MR) is 240 cm³/mol. The molecule has 4 aliphatic rings. The van der Waals surface area contributed by atoms with E-state index in [1.807, 2.05) is 31.3 Å². The molecule has 3 saturated heterocycles. The third-order valence-corrected chi connectivity index (χ3v) is 14.0. The van der Waals surface area contributed by atoms with Gasteiger partial charge in [0.2, 0.25) is 11.8 Å². The fourth-order valence-corrected chi connectivity index (χ4v) is 10.4. The van der Waals surface area contributed by atoms with Crippen molar-refractivity contribution >= 4 is 51.9 Å². The largest absolute Gasteiger partial charge is 0.481 e. The maximum atomic E-state index is 14.3. The van der Waals surface area contributed by atoms with E-state index in [9.17, 15) is 37.9 Å². The van der Waals surface area contributed by atoms with Crippen LogP contribution in [0, 0.1) is 11.8 Å². The van der Waals surface area contributed by atoms with Gasteiger partial charge in [-0.05, 0) is 95.4 Å². The number of morpholine rings is 1. The number of amides is 3. The Kier molecular flexibility index (Phi) is 13.3. The molecule has 1 saturated carbocycles. The second kappa shape index (κ2) is 19.3. The molecule has 1 aromatic carbocycles. The highest BCUT2D eigenvalue weighted by atomic mass is 19.3. The monoisotopic (exact) mass is 929 g/mol. The van der Waals surface area contributed by atoms with Gasteiger partial charge in [0.05, 0.1) is 40.9 Å². The van der Waals surface area contributed by atoms with Gasteiger partial charge in [0.25, 0.3) is 12.3 Å². The van der Waals surface area contributed by atoms with Crippen LogP contribution >= 0.6 is 0 Å². The number of carbonyl (C=O) groups excluding carboxylic acids is 3. The summed E-state index contributed by atoms with van der Waals surface area (Å²) in [6.45, 7) is 4.71. The van der Waals surface area contributed by atoms with Gasteiger partial charge in [-0.15, -0.1) is 0 Å². The molecule has 67 heavy (non-hydrogen) atoms. The molecular formula is C46H57F2N11O8. The first kappa shape index (κ1) is 46.1. The molecule has 0 spiro atoms. The highest BCUT2D eigenvalue weighted by Crippen LogP contribution is 2.39. The van der Waals surface area contributed by atoms with E-state index in [4.69, 9.17) is 14.5 Å². The minimum absolute atomic E-state index is 0.0590. The molecule has 0 radical (unpaired) electrons. The molecule has 1 aliphatic carbocycles. The van der Waals surface area contributed by atoms with Gasteiger partial charge in [-0.2, -0.15) is 10.2 Å². The average Bonchev–Trinajstić information content (AvgIpc) is 3.50. The number of aryl methyl sites for hydroxylation is 2. The summed E-state index contributed by atoms with van der Waals surface area (Å²) >= 11 is 0. The number of anilines is 2. The standard InChI is InChI=1S/C46H57F2N11O8/c1-26-40-35(67-40)25-56(26)36-17-18-57-42(51-36)31(21-49-57)43(61)50-32-24-58(53-38(32)41(47)48)30-13-11-27(12-14-30)22-54(2)23-29(45(63)64)9-6-20-66-19-5-8-28-7-4-10-33-39(28)55(3)46(65)59(33)34-15-16-37(60)52-44(34)62/h4,7,10,17-18,21,24,26-27,29-30,34-35,40-41H,5-6,8-9,11-16,19-20,22-23,25H2,1-3H3,(H,50,61)(H,63,64)(H,52,60,62)/t26-,27?,29?,30?,34?,35+,40?/m1/s1. The molecule has 0 bridgehead atoms. The van der Waals surface area contributed by atoms with Crippen LogP contribution in [0.15, 0.2) is 47.7 Å². The SMILES string of the molecule is C[C@@H]1C2O[C@H]2CN1c1ccn2ncc(C(=O)Nc3cn(C4CCC(CN(C)CC(CCCOCCCc5cccc6c5n(C)c(=O)n6C5CCC(=O)NC5=O)C(=O)O)CC4)nc3C(F)F)c2n1. The van der Waals surface area contributed by atoms with Crippen LogP contribution in [0.25, 0.3) is 16.7 Å². The number of fused-ring (bicyclic) bond motifs is 3. The van der Waals surface area contributed by atoms with Crippen molar-refractivity contribution in [2.45, 2.75) is 108 Å². The van der Waals surface area contributed by atoms with Crippen LogP contribution in [0.2, 0.25) is 0 Å². The summed E-state index contributed by atoms with van der Waals surface area (Å²) in [5.74, 6) is -1.88. The van der Waals surface area contributed by atoms with Crippen LogP contribution in [0.1, 0.15) is 105 Å². The molecule has 5 atom stereocenters. The van der Waals surface area contributed by atoms with Gasteiger partial charge < -0.3 is 29.7 Å². The molecule has 358 valence electrons. The van der Waals surface area contributed by atoms with Gasteiger partial charge in [0.15, 0.2) is 11.3 Å². The zero-order chi connectivity index (χ0) is 47.1. The Hall–Kier alpha value is -6.06. The number of carboxylic acids is 1. The van der Waals surface area contributed by atoms with E-state index < -0.39 is 41.9 Å². The number of para-hydroxylation sites is 1. The maximum Gasteiger partial charge on any atom is 0.329 e. The van der Waals surface area contributed by atoms with E-state index in [2.05, 4.69) is 37.6 Å². The summed E-state index contributed by atoms with van der Waals surface area (Å²) in [6, 6.07) is 6.70. The first-order chi connectivity index (χ1) is 32.2. The lowest BCUT2D eigenvalue weighted by atomic mass is 9.85. The fourth-order valence-electron chi connectivity index (χ4n) is 10.4. The van der Waals surface area contributed by atoms with E-state index in [0.29, 0.717) is 94.3 Å². The molecule has 5 aromatic rings. The Bertz CT molecular complexity index is 2720. The molecule has 19 nitrogen and oxygen atoms in total. The fraction of sp³-hybridized carbons (Fsp3) is 0.565.